The topological polar surface area (TPSA) is 35.5 Å². The van der Waals surface area contributed by atoms with Gasteiger partial charge in [-0.15, -0.1) is 0 Å². The lowest BCUT2D eigenvalue weighted by Crippen LogP contribution is -2.39. The average molecular weight is 421 g/mol. The van der Waals surface area contributed by atoms with Gasteiger partial charge in [0, 0.05) is 7.11 Å². The second-order valence-electron chi connectivity index (χ2n) is 3.46. The molecule has 0 N–H and O–H groups in total. The molecule has 0 bridgehead atoms. The normalized spacial score (nSPS) is 25.5. The van der Waals surface area contributed by atoms with E-state index in [4.69, 9.17) is 9.47 Å². The zero-order chi connectivity index (χ0) is 12.3. The fourth-order valence-corrected chi connectivity index (χ4v) is 3.93. The van der Waals surface area contributed by atoms with Gasteiger partial charge >= 0.3 is 5.97 Å². The molecule has 0 aliphatic carbocycles. The molecule has 16 heavy (non-hydrogen) atoms. The van der Waals surface area contributed by atoms with Crippen LogP contribution in [0.25, 0.3) is 0 Å². The molecule has 0 fully saturated rings. The van der Waals surface area contributed by atoms with E-state index in [1.807, 2.05) is 0 Å². The summed E-state index contributed by atoms with van der Waals surface area (Å²) in [5.41, 5.74) is 0.660. The molecular formula is C10H13Br3O3. The van der Waals surface area contributed by atoms with Crippen LogP contribution in [0.1, 0.15) is 26.2 Å². The molecule has 1 aliphatic heterocycles. The summed E-state index contributed by atoms with van der Waals surface area (Å²) in [5, 5.41) is 0. The summed E-state index contributed by atoms with van der Waals surface area (Å²) in [7, 11) is 1.51. The van der Waals surface area contributed by atoms with Gasteiger partial charge in [0.25, 0.3) is 5.79 Å². The van der Waals surface area contributed by atoms with E-state index >= 15 is 0 Å². The number of hydrogen-bond acceptors (Lipinski definition) is 3. The number of halogens is 3. The van der Waals surface area contributed by atoms with Crippen molar-refractivity contribution < 1.29 is 14.3 Å². The maximum atomic E-state index is 11.7. The van der Waals surface area contributed by atoms with Crippen molar-refractivity contribution in [2.75, 3.05) is 7.11 Å². The minimum Gasteiger partial charge on any atom is -0.422 e. The summed E-state index contributed by atoms with van der Waals surface area (Å²) in [5.74, 6) is -1.40. The highest BCUT2D eigenvalue weighted by molar-refractivity contribution is 9.24. The fraction of sp³-hybridized carbons (Fsp3) is 0.700. The molecule has 0 saturated heterocycles. The molecule has 1 heterocycles. The molecule has 1 atom stereocenters. The Morgan fingerprint density at radius 3 is 2.50 bits per heavy atom. The summed E-state index contributed by atoms with van der Waals surface area (Å²) < 4.78 is 11.0. The van der Waals surface area contributed by atoms with Crippen molar-refractivity contribution in [3.05, 3.63) is 10.1 Å². The summed E-state index contributed by atoms with van der Waals surface area (Å²) in [6.07, 6.45) is 2.69. The van der Waals surface area contributed by atoms with Gasteiger partial charge in [-0.1, -0.05) is 45.2 Å². The Morgan fingerprint density at radius 1 is 1.50 bits per heavy atom. The van der Waals surface area contributed by atoms with E-state index in [2.05, 4.69) is 54.7 Å². The molecule has 1 unspecified atom stereocenters. The molecule has 0 aromatic carbocycles. The number of rotatable bonds is 5. The summed E-state index contributed by atoms with van der Waals surface area (Å²) >= 11 is 10.1. The Bertz CT molecular complexity index is 314. The van der Waals surface area contributed by atoms with Gasteiger partial charge in [0.2, 0.25) is 0 Å². The van der Waals surface area contributed by atoms with Crippen molar-refractivity contribution in [2.45, 2.75) is 35.7 Å². The molecule has 6 heteroatoms. The molecular weight excluding hydrogens is 408 g/mol. The number of esters is 1. The van der Waals surface area contributed by atoms with E-state index in [0.29, 0.717) is 16.5 Å². The molecule has 92 valence electrons. The number of methoxy groups -OCH3 is 1. The van der Waals surface area contributed by atoms with Crippen LogP contribution in [0.15, 0.2) is 10.1 Å². The van der Waals surface area contributed by atoms with E-state index < -0.39 is 5.79 Å². The zero-order valence-electron chi connectivity index (χ0n) is 9.06. The Kier molecular flexibility index (Phi) is 5.48. The van der Waals surface area contributed by atoms with E-state index in [1.54, 1.807) is 0 Å². The third kappa shape index (κ3) is 2.54. The van der Waals surface area contributed by atoms with Gasteiger partial charge in [-0.2, -0.15) is 0 Å². The van der Waals surface area contributed by atoms with Gasteiger partial charge in [-0.3, -0.25) is 0 Å². The first-order valence-electron chi connectivity index (χ1n) is 4.95. The Morgan fingerprint density at radius 2 is 2.12 bits per heavy atom. The second kappa shape index (κ2) is 5.98. The molecule has 1 aliphatic rings. The lowest BCUT2D eigenvalue weighted by Gasteiger charge is -2.28. The van der Waals surface area contributed by atoms with Crippen LogP contribution >= 0.6 is 47.8 Å². The second-order valence-corrected chi connectivity index (χ2v) is 7.31. The summed E-state index contributed by atoms with van der Waals surface area (Å²) in [6.45, 7) is 2.08. The smallest absolute Gasteiger partial charge is 0.337 e. The van der Waals surface area contributed by atoms with Gasteiger partial charge in [0.05, 0.1) is 10.1 Å². The highest BCUT2D eigenvalue weighted by Gasteiger charge is 2.51. The third-order valence-electron chi connectivity index (χ3n) is 2.43. The quantitative estimate of drug-likeness (QED) is 0.500. The predicted molar refractivity (Wildman–Crippen MR) is 73.0 cm³/mol. The van der Waals surface area contributed by atoms with E-state index in [9.17, 15) is 4.79 Å². The summed E-state index contributed by atoms with van der Waals surface area (Å²) in [6, 6.07) is 0. The van der Waals surface area contributed by atoms with Crippen molar-refractivity contribution in [3.63, 3.8) is 0 Å². The highest BCUT2D eigenvalue weighted by atomic mass is 79.9. The van der Waals surface area contributed by atoms with Crippen molar-refractivity contribution in [3.8, 4) is 0 Å². The van der Waals surface area contributed by atoms with Crippen LogP contribution in [0.5, 0.6) is 0 Å². The number of carbonyl (C=O) groups is 1. The van der Waals surface area contributed by atoms with E-state index in [-0.39, 0.29) is 9.71 Å². The van der Waals surface area contributed by atoms with Crippen LogP contribution in [0.2, 0.25) is 0 Å². The van der Waals surface area contributed by atoms with E-state index in [1.165, 1.54) is 7.11 Å². The van der Waals surface area contributed by atoms with Gasteiger partial charge in [0.15, 0.2) is 0 Å². The van der Waals surface area contributed by atoms with Crippen LogP contribution in [0.4, 0.5) is 0 Å². The average Bonchev–Trinajstić information content (AvgIpc) is 2.49. The number of cyclic esters (lactones) is 1. The maximum absolute atomic E-state index is 11.7. The Balaban J connectivity index is 3.01. The predicted octanol–water partition coefficient (Wildman–Crippen LogP) is 3.84. The minimum absolute atomic E-state index is 0.296. The molecule has 0 aromatic heterocycles. The first kappa shape index (κ1) is 14.7. The van der Waals surface area contributed by atoms with Gasteiger partial charge < -0.3 is 9.47 Å². The van der Waals surface area contributed by atoms with Crippen molar-refractivity contribution >= 4 is 53.8 Å². The molecule has 1 rings (SSSR count). The Hall–Kier alpha value is 0.610. The van der Waals surface area contributed by atoms with Crippen molar-refractivity contribution in [1.29, 1.82) is 0 Å². The third-order valence-corrected chi connectivity index (χ3v) is 4.67. The molecule has 3 nitrogen and oxygen atoms in total. The van der Waals surface area contributed by atoms with Crippen LogP contribution in [0.3, 0.4) is 0 Å². The zero-order valence-corrected chi connectivity index (χ0v) is 13.8. The van der Waals surface area contributed by atoms with E-state index in [0.717, 1.165) is 12.8 Å². The fourth-order valence-electron chi connectivity index (χ4n) is 1.47. The highest BCUT2D eigenvalue weighted by Crippen LogP contribution is 2.45. The van der Waals surface area contributed by atoms with Gasteiger partial charge in [-0.25, -0.2) is 4.79 Å². The number of alkyl halides is 2. The molecule has 0 aromatic rings. The van der Waals surface area contributed by atoms with Crippen LogP contribution in [0, 0.1) is 0 Å². The van der Waals surface area contributed by atoms with Gasteiger partial charge in [-0.05, 0) is 28.8 Å². The first-order chi connectivity index (χ1) is 7.49. The largest absolute Gasteiger partial charge is 0.422 e. The van der Waals surface area contributed by atoms with Crippen LogP contribution in [-0.2, 0) is 14.3 Å². The molecule has 0 spiro atoms. The van der Waals surface area contributed by atoms with Gasteiger partial charge in [0.1, 0.15) is 3.74 Å². The van der Waals surface area contributed by atoms with Crippen LogP contribution in [-0.4, -0.2) is 22.6 Å². The standard InChI is InChI=1S/C10H13Br3O3/c1-3-4-5-6-7(11)10(15-2,9(12)13)16-8(6)14/h9H,3-5H2,1-2H3. The van der Waals surface area contributed by atoms with Crippen molar-refractivity contribution in [2.24, 2.45) is 0 Å². The number of unbranched alkanes of at least 4 members (excludes halogenated alkanes) is 1. The molecule has 0 radical (unpaired) electrons. The SMILES string of the molecule is CCCCC1=C(Br)C(OC)(C(Br)Br)OC1=O. The number of hydrogen-bond donors (Lipinski definition) is 0. The first-order valence-corrected chi connectivity index (χ1v) is 7.57. The lowest BCUT2D eigenvalue weighted by molar-refractivity contribution is -0.182. The van der Waals surface area contributed by atoms with Crippen LogP contribution < -0.4 is 0 Å². The number of carbonyl (C=O) groups excluding carboxylic acids is 1. The number of ether oxygens (including phenoxy) is 2. The molecule has 0 saturated carbocycles. The van der Waals surface area contributed by atoms with Crippen molar-refractivity contribution in [1.82, 2.24) is 0 Å². The monoisotopic (exact) mass is 418 g/mol. The lowest BCUT2D eigenvalue weighted by atomic mass is 10.1. The maximum Gasteiger partial charge on any atom is 0.337 e. The Labute approximate surface area is 120 Å². The summed E-state index contributed by atoms with van der Waals surface area (Å²) in [4.78, 5) is 11.7. The minimum atomic E-state index is -1.08. The molecule has 0 amide bonds.